The molecule has 0 aliphatic rings. The van der Waals surface area contributed by atoms with Crippen LogP contribution in [0.25, 0.3) is 0 Å². The molecule has 0 unspecified atom stereocenters. The fourth-order valence-corrected chi connectivity index (χ4v) is 3.83. The SMILES string of the molecule is COc1cccc(CNC(=O)c2ccc(CSc3c(C)cccc3C)o2)c1. The number of hydrogen-bond donors (Lipinski definition) is 1. The largest absolute Gasteiger partial charge is 0.497 e. The second-order valence-electron chi connectivity index (χ2n) is 6.31. The molecule has 0 aliphatic carbocycles. The number of amides is 1. The molecular formula is C22H23NO3S. The summed E-state index contributed by atoms with van der Waals surface area (Å²) in [5.74, 6) is 2.35. The molecule has 27 heavy (non-hydrogen) atoms. The summed E-state index contributed by atoms with van der Waals surface area (Å²) < 4.78 is 10.9. The third kappa shape index (κ3) is 4.95. The van der Waals surface area contributed by atoms with Gasteiger partial charge in [-0.1, -0.05) is 30.3 Å². The van der Waals surface area contributed by atoms with E-state index in [2.05, 4.69) is 37.4 Å². The number of benzene rings is 2. The molecule has 3 rings (SSSR count). The fraction of sp³-hybridized carbons (Fsp3) is 0.227. The van der Waals surface area contributed by atoms with Crippen LogP contribution in [0.5, 0.6) is 5.75 Å². The Kier molecular flexibility index (Phi) is 6.24. The van der Waals surface area contributed by atoms with Crippen LogP contribution in [-0.2, 0) is 12.3 Å². The second kappa shape index (κ2) is 8.82. The van der Waals surface area contributed by atoms with Gasteiger partial charge in [0.25, 0.3) is 5.91 Å². The molecule has 5 heteroatoms. The average molecular weight is 381 g/mol. The Balaban J connectivity index is 1.57. The minimum Gasteiger partial charge on any atom is -0.497 e. The third-order valence-electron chi connectivity index (χ3n) is 4.24. The molecule has 0 saturated heterocycles. The maximum atomic E-state index is 12.3. The van der Waals surface area contributed by atoms with E-state index in [0.29, 0.717) is 18.1 Å². The smallest absolute Gasteiger partial charge is 0.287 e. The number of rotatable bonds is 7. The summed E-state index contributed by atoms with van der Waals surface area (Å²) in [5.41, 5.74) is 3.48. The van der Waals surface area contributed by atoms with Crippen molar-refractivity contribution >= 4 is 17.7 Å². The van der Waals surface area contributed by atoms with Crippen LogP contribution in [0.4, 0.5) is 0 Å². The Morgan fingerprint density at radius 1 is 1.07 bits per heavy atom. The lowest BCUT2D eigenvalue weighted by atomic mass is 10.2. The molecule has 140 valence electrons. The van der Waals surface area contributed by atoms with Gasteiger partial charge in [-0.25, -0.2) is 0 Å². The van der Waals surface area contributed by atoms with Gasteiger partial charge in [0.05, 0.1) is 12.9 Å². The van der Waals surface area contributed by atoms with Gasteiger partial charge in [-0.15, -0.1) is 11.8 Å². The summed E-state index contributed by atoms with van der Waals surface area (Å²) in [6, 6.07) is 17.5. The molecule has 1 amide bonds. The minimum atomic E-state index is -0.221. The number of carbonyl (C=O) groups excluding carboxylic acids is 1. The molecule has 0 atom stereocenters. The molecule has 0 fully saturated rings. The monoisotopic (exact) mass is 381 g/mol. The molecule has 3 aromatic rings. The molecule has 1 N–H and O–H groups in total. The normalized spacial score (nSPS) is 10.6. The summed E-state index contributed by atoms with van der Waals surface area (Å²) in [5, 5.41) is 2.88. The first kappa shape index (κ1) is 19.1. The van der Waals surface area contributed by atoms with Crippen LogP contribution in [0.15, 0.2) is 63.9 Å². The van der Waals surface area contributed by atoms with E-state index in [-0.39, 0.29) is 5.91 Å². The summed E-state index contributed by atoms with van der Waals surface area (Å²) in [7, 11) is 1.62. The highest BCUT2D eigenvalue weighted by Crippen LogP contribution is 2.29. The topological polar surface area (TPSA) is 51.5 Å². The zero-order valence-corrected chi connectivity index (χ0v) is 16.6. The van der Waals surface area contributed by atoms with Gasteiger partial charge >= 0.3 is 0 Å². The zero-order valence-electron chi connectivity index (χ0n) is 15.7. The number of hydrogen-bond acceptors (Lipinski definition) is 4. The molecule has 1 heterocycles. The number of ether oxygens (including phenoxy) is 1. The van der Waals surface area contributed by atoms with Crippen molar-refractivity contribution in [3.8, 4) is 5.75 Å². The van der Waals surface area contributed by atoms with Gasteiger partial charge in [0.1, 0.15) is 11.5 Å². The number of aryl methyl sites for hydroxylation is 2. The molecule has 0 bridgehead atoms. The van der Waals surface area contributed by atoms with E-state index in [4.69, 9.17) is 9.15 Å². The Morgan fingerprint density at radius 3 is 2.56 bits per heavy atom. The summed E-state index contributed by atoms with van der Waals surface area (Å²) in [6.45, 7) is 4.63. The number of methoxy groups -OCH3 is 1. The lowest BCUT2D eigenvalue weighted by Gasteiger charge is -2.08. The summed E-state index contributed by atoms with van der Waals surface area (Å²) in [6.07, 6.45) is 0. The van der Waals surface area contributed by atoms with Crippen LogP contribution in [0.1, 0.15) is 33.0 Å². The summed E-state index contributed by atoms with van der Waals surface area (Å²) in [4.78, 5) is 13.6. The zero-order chi connectivity index (χ0) is 19.2. The van der Waals surface area contributed by atoms with Crippen molar-refractivity contribution in [1.82, 2.24) is 5.32 Å². The molecule has 0 radical (unpaired) electrons. The predicted molar refractivity (Wildman–Crippen MR) is 108 cm³/mol. The van der Waals surface area contributed by atoms with E-state index in [0.717, 1.165) is 17.1 Å². The quantitative estimate of drug-likeness (QED) is 0.577. The van der Waals surface area contributed by atoms with Crippen LogP contribution in [0, 0.1) is 13.8 Å². The summed E-state index contributed by atoms with van der Waals surface area (Å²) >= 11 is 1.73. The molecule has 0 saturated carbocycles. The number of carbonyl (C=O) groups is 1. The first-order valence-corrected chi connectivity index (χ1v) is 9.74. The number of furan rings is 1. The molecule has 4 nitrogen and oxygen atoms in total. The highest BCUT2D eigenvalue weighted by Gasteiger charge is 2.12. The van der Waals surface area contributed by atoms with Crippen molar-refractivity contribution in [3.05, 3.63) is 82.8 Å². The van der Waals surface area contributed by atoms with E-state index < -0.39 is 0 Å². The van der Waals surface area contributed by atoms with Gasteiger partial charge in [0, 0.05) is 11.4 Å². The first-order chi connectivity index (χ1) is 13.1. The predicted octanol–water partition coefficient (Wildman–Crippen LogP) is 5.13. The van der Waals surface area contributed by atoms with Crippen molar-refractivity contribution in [2.45, 2.75) is 31.0 Å². The van der Waals surface area contributed by atoms with Crippen molar-refractivity contribution in [1.29, 1.82) is 0 Å². The fourth-order valence-electron chi connectivity index (χ4n) is 2.80. The van der Waals surface area contributed by atoms with E-state index >= 15 is 0 Å². The minimum absolute atomic E-state index is 0.221. The molecular weight excluding hydrogens is 358 g/mol. The number of thioether (sulfide) groups is 1. The van der Waals surface area contributed by atoms with Crippen LogP contribution in [-0.4, -0.2) is 13.0 Å². The third-order valence-corrected chi connectivity index (χ3v) is 5.60. The standard InChI is InChI=1S/C22H23NO3S/c1-15-6-4-7-16(2)21(15)27-14-19-10-11-20(26-19)22(24)23-13-17-8-5-9-18(12-17)25-3/h4-12H,13-14H2,1-3H3,(H,23,24). The van der Waals surface area contributed by atoms with Crippen LogP contribution >= 0.6 is 11.8 Å². The van der Waals surface area contributed by atoms with Gasteiger partial charge in [-0.05, 0) is 54.8 Å². The number of nitrogens with one attached hydrogen (secondary N) is 1. The first-order valence-electron chi connectivity index (χ1n) is 8.75. The Bertz CT molecular complexity index is 913. The molecule has 0 spiro atoms. The average Bonchev–Trinajstić information content (AvgIpc) is 3.15. The highest BCUT2D eigenvalue weighted by molar-refractivity contribution is 7.98. The van der Waals surface area contributed by atoms with Crippen LogP contribution < -0.4 is 10.1 Å². The Labute approximate surface area is 163 Å². The maximum Gasteiger partial charge on any atom is 0.287 e. The second-order valence-corrected chi connectivity index (χ2v) is 7.30. The van der Waals surface area contributed by atoms with Gasteiger partial charge in [0.15, 0.2) is 5.76 Å². The lowest BCUT2D eigenvalue weighted by Crippen LogP contribution is -2.22. The van der Waals surface area contributed by atoms with Gasteiger partial charge in [-0.3, -0.25) is 4.79 Å². The van der Waals surface area contributed by atoms with Crippen molar-refractivity contribution < 1.29 is 13.9 Å². The van der Waals surface area contributed by atoms with E-state index in [1.165, 1.54) is 16.0 Å². The van der Waals surface area contributed by atoms with Crippen molar-refractivity contribution in [3.63, 3.8) is 0 Å². The van der Waals surface area contributed by atoms with Crippen LogP contribution in [0.3, 0.4) is 0 Å². The van der Waals surface area contributed by atoms with Gasteiger partial charge in [0.2, 0.25) is 0 Å². The van der Waals surface area contributed by atoms with Crippen molar-refractivity contribution in [2.24, 2.45) is 0 Å². The molecule has 1 aromatic heterocycles. The molecule has 0 aliphatic heterocycles. The van der Waals surface area contributed by atoms with E-state index in [9.17, 15) is 4.79 Å². The van der Waals surface area contributed by atoms with E-state index in [1.54, 1.807) is 24.9 Å². The maximum absolute atomic E-state index is 12.3. The Hall–Kier alpha value is -2.66. The lowest BCUT2D eigenvalue weighted by molar-refractivity contribution is 0.0921. The van der Waals surface area contributed by atoms with Gasteiger partial charge in [-0.2, -0.15) is 0 Å². The van der Waals surface area contributed by atoms with Crippen LogP contribution in [0.2, 0.25) is 0 Å². The van der Waals surface area contributed by atoms with Crippen molar-refractivity contribution in [2.75, 3.05) is 7.11 Å². The highest BCUT2D eigenvalue weighted by atomic mass is 32.2. The van der Waals surface area contributed by atoms with Gasteiger partial charge < -0.3 is 14.5 Å². The Morgan fingerprint density at radius 2 is 1.81 bits per heavy atom. The molecule has 2 aromatic carbocycles. The van der Waals surface area contributed by atoms with E-state index in [1.807, 2.05) is 30.3 Å².